The number of pyridine rings is 1. The molecule has 0 radical (unpaired) electrons. The molecule has 1 N–H and O–H groups in total. The minimum atomic E-state index is -4.62. The molecule has 1 aromatic carbocycles. The first-order chi connectivity index (χ1) is 15.6. The second kappa shape index (κ2) is 12.5. The van der Waals surface area contributed by atoms with Crippen molar-refractivity contribution in [3.05, 3.63) is 64.5 Å². The summed E-state index contributed by atoms with van der Waals surface area (Å²) in [5.41, 5.74) is 0.513. The summed E-state index contributed by atoms with van der Waals surface area (Å²) in [5.74, 6) is -1.61. The first kappa shape index (κ1) is 30.5. The highest BCUT2D eigenvalue weighted by atomic mass is 35.5. The molecule has 0 amide bonds. The highest BCUT2D eigenvalue weighted by Crippen LogP contribution is 2.49. The lowest BCUT2D eigenvalue weighted by atomic mass is 9.79. The van der Waals surface area contributed by atoms with Crippen LogP contribution in [0.2, 0.25) is 0 Å². The Labute approximate surface area is 215 Å². The maximum absolute atomic E-state index is 14.0. The molecular weight excluding hydrogens is 506 g/mol. The molecule has 0 bridgehead atoms. The SMILES string of the molecule is CCOC(=O)C1=C(C)Nc2ccnc(OC(CC)N(C)C)c2C1c1ccccc1C(F)(F)F.Cl.Cl. The molecular formula is C24H30Cl2F3N3O3. The molecule has 0 saturated carbocycles. The van der Waals surface area contributed by atoms with E-state index < -0.39 is 23.6 Å². The number of nitrogens with zero attached hydrogens (tertiary/aromatic N) is 2. The molecule has 194 valence electrons. The van der Waals surface area contributed by atoms with Gasteiger partial charge in [0.2, 0.25) is 5.88 Å². The molecule has 1 aliphatic rings. The zero-order chi connectivity index (χ0) is 24.3. The fourth-order valence-corrected chi connectivity index (χ4v) is 4.05. The standard InChI is InChI=1S/C24H28F3N3O3.2ClH/c1-6-18(30(4)5)33-22-21-17(12-13-28-22)29-14(3)19(23(31)32-7-2)20(21)15-10-8-9-11-16(15)24(25,26)27;;/h8-13,18,20,29H,6-7H2,1-5H3;2*1H. The van der Waals surface area contributed by atoms with Gasteiger partial charge in [0.05, 0.1) is 29.2 Å². The third kappa shape index (κ3) is 6.39. The van der Waals surface area contributed by atoms with Crippen LogP contribution in [0.15, 0.2) is 47.8 Å². The number of fused-ring (bicyclic) bond motifs is 1. The number of alkyl halides is 3. The maximum atomic E-state index is 14.0. The lowest BCUT2D eigenvalue weighted by Crippen LogP contribution is -2.34. The fraction of sp³-hybridized carbons (Fsp3) is 0.417. The predicted octanol–water partition coefficient (Wildman–Crippen LogP) is 6.02. The van der Waals surface area contributed by atoms with Crippen molar-refractivity contribution in [1.82, 2.24) is 9.88 Å². The number of anilines is 1. The number of carbonyl (C=O) groups excluding carboxylic acids is 1. The van der Waals surface area contributed by atoms with E-state index in [4.69, 9.17) is 9.47 Å². The van der Waals surface area contributed by atoms with E-state index in [-0.39, 0.29) is 54.7 Å². The number of allylic oxidation sites excluding steroid dienone is 1. The number of carbonyl (C=O) groups is 1. The Morgan fingerprint density at radius 2 is 1.83 bits per heavy atom. The van der Waals surface area contributed by atoms with Crippen LogP contribution in [0.3, 0.4) is 0 Å². The first-order valence-corrected chi connectivity index (χ1v) is 10.7. The normalized spacial score (nSPS) is 15.9. The van der Waals surface area contributed by atoms with Gasteiger partial charge in [0.25, 0.3) is 0 Å². The van der Waals surface area contributed by atoms with Crippen molar-refractivity contribution in [2.75, 3.05) is 26.0 Å². The summed E-state index contributed by atoms with van der Waals surface area (Å²) in [6.45, 7) is 5.32. The second-order valence-corrected chi connectivity index (χ2v) is 7.92. The van der Waals surface area contributed by atoms with Gasteiger partial charge in [-0.2, -0.15) is 13.2 Å². The Bertz CT molecular complexity index is 1060. The molecule has 11 heteroatoms. The summed E-state index contributed by atoms with van der Waals surface area (Å²) >= 11 is 0. The van der Waals surface area contributed by atoms with Gasteiger partial charge < -0.3 is 14.8 Å². The zero-order valence-corrected chi connectivity index (χ0v) is 21.7. The molecule has 3 rings (SSSR count). The third-order valence-electron chi connectivity index (χ3n) is 5.50. The maximum Gasteiger partial charge on any atom is 0.416 e. The first-order valence-electron chi connectivity index (χ1n) is 10.7. The molecule has 35 heavy (non-hydrogen) atoms. The third-order valence-corrected chi connectivity index (χ3v) is 5.50. The number of ether oxygens (including phenoxy) is 2. The summed E-state index contributed by atoms with van der Waals surface area (Å²) in [6.07, 6.45) is -2.83. The van der Waals surface area contributed by atoms with E-state index in [1.165, 1.54) is 24.4 Å². The van der Waals surface area contributed by atoms with Crippen molar-refractivity contribution in [2.24, 2.45) is 0 Å². The number of esters is 1. The fourth-order valence-electron chi connectivity index (χ4n) is 4.05. The number of rotatable bonds is 7. The minimum absolute atomic E-state index is 0. The van der Waals surface area contributed by atoms with Crippen LogP contribution in [0.25, 0.3) is 0 Å². The van der Waals surface area contributed by atoms with Gasteiger partial charge in [0.1, 0.15) is 0 Å². The number of aromatic nitrogens is 1. The van der Waals surface area contributed by atoms with Gasteiger partial charge >= 0.3 is 12.1 Å². The van der Waals surface area contributed by atoms with Gasteiger partial charge in [-0.3, -0.25) is 4.90 Å². The van der Waals surface area contributed by atoms with Gasteiger partial charge in [-0.05, 0) is 52.1 Å². The van der Waals surface area contributed by atoms with Crippen molar-refractivity contribution in [2.45, 2.75) is 45.5 Å². The largest absolute Gasteiger partial charge is 0.463 e. The van der Waals surface area contributed by atoms with Crippen molar-refractivity contribution in [3.8, 4) is 5.88 Å². The van der Waals surface area contributed by atoms with Crippen LogP contribution in [-0.2, 0) is 15.7 Å². The Kier molecular flexibility index (Phi) is 10.9. The van der Waals surface area contributed by atoms with E-state index in [2.05, 4.69) is 10.3 Å². The number of hydrogen-bond donors (Lipinski definition) is 1. The van der Waals surface area contributed by atoms with Gasteiger partial charge in [-0.25, -0.2) is 9.78 Å². The van der Waals surface area contributed by atoms with Crippen LogP contribution in [0.5, 0.6) is 5.88 Å². The molecule has 2 atom stereocenters. The van der Waals surface area contributed by atoms with E-state index in [0.717, 1.165) is 6.07 Å². The molecule has 0 saturated heterocycles. The van der Waals surface area contributed by atoms with Crippen LogP contribution in [-0.4, -0.2) is 42.8 Å². The summed E-state index contributed by atoms with van der Waals surface area (Å²) in [7, 11) is 3.68. The van der Waals surface area contributed by atoms with Crippen LogP contribution < -0.4 is 10.1 Å². The van der Waals surface area contributed by atoms with Crippen molar-refractivity contribution >= 4 is 36.5 Å². The molecule has 1 aromatic heterocycles. The van der Waals surface area contributed by atoms with Gasteiger partial charge in [0, 0.05) is 17.6 Å². The van der Waals surface area contributed by atoms with Crippen LogP contribution in [0, 0.1) is 0 Å². The van der Waals surface area contributed by atoms with Crippen molar-refractivity contribution in [3.63, 3.8) is 0 Å². The summed E-state index contributed by atoms with van der Waals surface area (Å²) in [5, 5.41) is 3.13. The number of hydrogen-bond acceptors (Lipinski definition) is 6. The molecule has 2 heterocycles. The lowest BCUT2D eigenvalue weighted by molar-refractivity contribution is -0.140. The second-order valence-electron chi connectivity index (χ2n) is 7.92. The molecule has 6 nitrogen and oxygen atoms in total. The Morgan fingerprint density at radius 3 is 2.40 bits per heavy atom. The topological polar surface area (TPSA) is 63.7 Å². The van der Waals surface area contributed by atoms with E-state index in [1.54, 1.807) is 19.9 Å². The molecule has 2 aromatic rings. The molecule has 1 aliphatic heterocycles. The monoisotopic (exact) mass is 535 g/mol. The predicted molar refractivity (Wildman–Crippen MR) is 133 cm³/mol. The van der Waals surface area contributed by atoms with Crippen molar-refractivity contribution in [1.29, 1.82) is 0 Å². The summed E-state index contributed by atoms with van der Waals surface area (Å²) in [4.78, 5) is 19.2. The van der Waals surface area contributed by atoms with Gasteiger partial charge in [-0.15, -0.1) is 24.8 Å². The zero-order valence-electron chi connectivity index (χ0n) is 20.1. The molecule has 0 fully saturated rings. The smallest absolute Gasteiger partial charge is 0.416 e. The molecule has 0 spiro atoms. The number of benzene rings is 1. The summed E-state index contributed by atoms with van der Waals surface area (Å²) < 4.78 is 53.4. The van der Waals surface area contributed by atoms with Crippen LogP contribution >= 0.6 is 24.8 Å². The lowest BCUT2D eigenvalue weighted by Gasteiger charge is -2.33. The number of nitrogens with one attached hydrogen (secondary N) is 1. The Morgan fingerprint density at radius 1 is 1.17 bits per heavy atom. The average Bonchev–Trinajstić information content (AvgIpc) is 2.75. The van der Waals surface area contributed by atoms with E-state index in [9.17, 15) is 18.0 Å². The van der Waals surface area contributed by atoms with Crippen molar-refractivity contribution < 1.29 is 27.4 Å². The van der Waals surface area contributed by atoms with Gasteiger partial charge in [0.15, 0.2) is 6.23 Å². The number of halogens is 5. The van der Waals surface area contributed by atoms with E-state index in [0.29, 0.717) is 23.4 Å². The Balaban J connectivity index is 0.00000306. The van der Waals surface area contributed by atoms with Gasteiger partial charge in [-0.1, -0.05) is 25.1 Å². The highest BCUT2D eigenvalue weighted by Gasteiger charge is 2.42. The van der Waals surface area contributed by atoms with Crippen LogP contribution in [0.4, 0.5) is 18.9 Å². The van der Waals surface area contributed by atoms with E-state index in [1.807, 2.05) is 25.9 Å². The molecule has 0 aliphatic carbocycles. The quantitative estimate of drug-likeness (QED) is 0.345. The summed E-state index contributed by atoms with van der Waals surface area (Å²) in [6, 6.07) is 6.91. The van der Waals surface area contributed by atoms with Crippen LogP contribution in [0.1, 0.15) is 49.8 Å². The average molecular weight is 536 g/mol. The molecule has 2 unspecified atom stereocenters. The highest BCUT2D eigenvalue weighted by molar-refractivity contribution is 5.95. The minimum Gasteiger partial charge on any atom is -0.463 e. The van der Waals surface area contributed by atoms with E-state index >= 15 is 0 Å². The Hall–Kier alpha value is -2.49.